The second-order valence-corrected chi connectivity index (χ2v) is 5.42. The van der Waals surface area contributed by atoms with Gasteiger partial charge in [-0.3, -0.25) is 0 Å². The topological polar surface area (TPSA) is 55.4 Å². The molecule has 1 aromatic rings. The van der Waals surface area contributed by atoms with E-state index >= 15 is 0 Å². The number of hydrogen-bond acceptors (Lipinski definition) is 5. The van der Waals surface area contributed by atoms with E-state index in [2.05, 4.69) is 15.6 Å². The number of anilines is 1. The fraction of sp³-hybridized carbons (Fsp3) is 0.643. The van der Waals surface area contributed by atoms with Gasteiger partial charge in [0, 0.05) is 39.5 Å². The largest absolute Gasteiger partial charge is 0.382 e. The lowest BCUT2D eigenvalue weighted by molar-refractivity contribution is 0.0365. The van der Waals surface area contributed by atoms with Crippen molar-refractivity contribution in [2.45, 2.75) is 31.5 Å². The number of methoxy groups -OCH3 is 2. The summed E-state index contributed by atoms with van der Waals surface area (Å²) in [4.78, 5) is 4.28. The Labute approximate surface area is 125 Å². The minimum absolute atomic E-state index is 0.00511. The molecule has 0 bridgehead atoms. The van der Waals surface area contributed by atoms with Crippen LogP contribution in [0.5, 0.6) is 0 Å². The molecule has 5 nitrogen and oxygen atoms in total. The van der Waals surface area contributed by atoms with Crippen LogP contribution in [0.15, 0.2) is 12.3 Å². The fourth-order valence-corrected chi connectivity index (χ4v) is 2.04. The van der Waals surface area contributed by atoms with Gasteiger partial charge in [0.15, 0.2) is 0 Å². The lowest BCUT2D eigenvalue weighted by Crippen LogP contribution is -2.27. The summed E-state index contributed by atoms with van der Waals surface area (Å²) in [6.45, 7) is 1.98. The van der Waals surface area contributed by atoms with Gasteiger partial charge >= 0.3 is 0 Å². The quantitative estimate of drug-likeness (QED) is 0.731. The van der Waals surface area contributed by atoms with Crippen LogP contribution in [-0.2, 0) is 16.0 Å². The number of halogens is 1. The van der Waals surface area contributed by atoms with Gasteiger partial charge < -0.3 is 20.1 Å². The molecule has 1 atom stereocenters. The molecule has 112 valence electrons. The SMILES string of the molecule is COCC(CNc1cc(CNC2CC2)c(Cl)cn1)OC. The molecule has 0 amide bonds. The summed E-state index contributed by atoms with van der Waals surface area (Å²) < 4.78 is 10.4. The molecule has 1 aromatic heterocycles. The fourth-order valence-electron chi connectivity index (χ4n) is 1.87. The van der Waals surface area contributed by atoms with E-state index < -0.39 is 0 Å². The Morgan fingerprint density at radius 3 is 2.90 bits per heavy atom. The Balaban J connectivity index is 1.88. The molecule has 1 aliphatic rings. The van der Waals surface area contributed by atoms with E-state index in [1.165, 1.54) is 12.8 Å². The second kappa shape index (κ2) is 7.78. The van der Waals surface area contributed by atoms with Gasteiger partial charge in [0.1, 0.15) is 5.82 Å². The van der Waals surface area contributed by atoms with Crippen LogP contribution in [0.4, 0.5) is 5.82 Å². The molecule has 0 spiro atoms. The number of rotatable bonds is 9. The Morgan fingerprint density at radius 1 is 1.45 bits per heavy atom. The van der Waals surface area contributed by atoms with E-state index in [1.54, 1.807) is 20.4 Å². The summed E-state index contributed by atoms with van der Waals surface area (Å²) in [6.07, 6.45) is 4.22. The van der Waals surface area contributed by atoms with Crippen LogP contribution in [0.1, 0.15) is 18.4 Å². The van der Waals surface area contributed by atoms with Crippen LogP contribution >= 0.6 is 11.6 Å². The van der Waals surface area contributed by atoms with Gasteiger partial charge in [-0.1, -0.05) is 11.6 Å². The molecule has 0 saturated heterocycles. The minimum Gasteiger partial charge on any atom is -0.382 e. The van der Waals surface area contributed by atoms with Crippen LogP contribution in [-0.4, -0.2) is 44.5 Å². The average molecular weight is 300 g/mol. The first-order valence-electron chi connectivity index (χ1n) is 6.86. The number of aromatic nitrogens is 1. The van der Waals surface area contributed by atoms with Crippen LogP contribution in [0, 0.1) is 0 Å². The first-order valence-corrected chi connectivity index (χ1v) is 7.24. The van der Waals surface area contributed by atoms with E-state index in [9.17, 15) is 0 Å². The van der Waals surface area contributed by atoms with E-state index in [0.717, 1.165) is 17.9 Å². The Morgan fingerprint density at radius 2 is 2.25 bits per heavy atom. The Bertz CT molecular complexity index is 427. The third-order valence-corrected chi connectivity index (χ3v) is 3.63. The molecule has 0 aliphatic heterocycles. The summed E-state index contributed by atoms with van der Waals surface area (Å²) in [5.41, 5.74) is 1.07. The van der Waals surface area contributed by atoms with Gasteiger partial charge in [-0.25, -0.2) is 4.98 Å². The first-order chi connectivity index (χ1) is 9.72. The third-order valence-electron chi connectivity index (χ3n) is 3.29. The van der Waals surface area contributed by atoms with Crippen molar-refractivity contribution in [2.24, 2.45) is 0 Å². The highest BCUT2D eigenvalue weighted by molar-refractivity contribution is 6.31. The maximum atomic E-state index is 6.16. The summed E-state index contributed by atoms with van der Waals surface area (Å²) in [5.74, 6) is 0.806. The molecule has 1 unspecified atom stereocenters. The predicted octanol–water partition coefficient (Wildman–Crippen LogP) is 2.06. The van der Waals surface area contributed by atoms with Gasteiger partial charge in [0.05, 0.1) is 17.7 Å². The molecule has 0 radical (unpaired) electrons. The molecular formula is C14H22ClN3O2. The highest BCUT2D eigenvalue weighted by Crippen LogP contribution is 2.22. The lowest BCUT2D eigenvalue weighted by atomic mass is 10.2. The molecule has 6 heteroatoms. The lowest BCUT2D eigenvalue weighted by Gasteiger charge is -2.16. The second-order valence-electron chi connectivity index (χ2n) is 5.01. The average Bonchev–Trinajstić information content (AvgIpc) is 3.27. The molecule has 2 rings (SSSR count). The number of ether oxygens (including phenoxy) is 2. The van der Waals surface area contributed by atoms with Crippen LogP contribution in [0.3, 0.4) is 0 Å². The zero-order valence-corrected chi connectivity index (χ0v) is 12.7. The van der Waals surface area contributed by atoms with Gasteiger partial charge in [-0.2, -0.15) is 0 Å². The Hall–Kier alpha value is -0.880. The van der Waals surface area contributed by atoms with E-state index in [0.29, 0.717) is 24.2 Å². The van der Waals surface area contributed by atoms with Crippen molar-refractivity contribution < 1.29 is 9.47 Å². The molecular weight excluding hydrogens is 278 g/mol. The summed E-state index contributed by atoms with van der Waals surface area (Å²) in [6, 6.07) is 2.65. The first kappa shape index (κ1) is 15.5. The van der Waals surface area contributed by atoms with Crippen LogP contribution in [0.25, 0.3) is 0 Å². The normalized spacial score (nSPS) is 16.1. The van der Waals surface area contributed by atoms with Crippen LogP contribution < -0.4 is 10.6 Å². The molecule has 1 heterocycles. The number of nitrogens with zero attached hydrogens (tertiary/aromatic N) is 1. The summed E-state index contributed by atoms with van der Waals surface area (Å²) >= 11 is 6.16. The van der Waals surface area contributed by atoms with E-state index in [1.807, 2.05) is 6.07 Å². The van der Waals surface area contributed by atoms with Gasteiger partial charge in [0.2, 0.25) is 0 Å². The van der Waals surface area contributed by atoms with Gasteiger partial charge in [-0.15, -0.1) is 0 Å². The monoisotopic (exact) mass is 299 g/mol. The molecule has 1 fully saturated rings. The molecule has 1 aliphatic carbocycles. The molecule has 20 heavy (non-hydrogen) atoms. The van der Waals surface area contributed by atoms with Crippen molar-refractivity contribution in [1.82, 2.24) is 10.3 Å². The zero-order valence-electron chi connectivity index (χ0n) is 12.0. The molecule has 0 aromatic carbocycles. The van der Waals surface area contributed by atoms with Crippen molar-refractivity contribution in [1.29, 1.82) is 0 Å². The predicted molar refractivity (Wildman–Crippen MR) is 80.3 cm³/mol. The summed E-state index contributed by atoms with van der Waals surface area (Å²) in [5, 5.41) is 7.40. The molecule has 1 saturated carbocycles. The van der Waals surface area contributed by atoms with Gasteiger partial charge in [0.25, 0.3) is 0 Å². The van der Waals surface area contributed by atoms with Crippen molar-refractivity contribution in [2.75, 3.05) is 32.7 Å². The van der Waals surface area contributed by atoms with E-state index in [-0.39, 0.29) is 6.10 Å². The Kier molecular flexibility index (Phi) is 6.04. The van der Waals surface area contributed by atoms with Crippen molar-refractivity contribution in [3.8, 4) is 0 Å². The summed E-state index contributed by atoms with van der Waals surface area (Å²) in [7, 11) is 3.33. The standard InChI is InChI=1S/C14H22ClN3O2/c1-19-9-12(20-2)7-17-14-5-10(13(15)8-18-14)6-16-11-3-4-11/h5,8,11-12,16H,3-4,6-7,9H2,1-2H3,(H,17,18). The van der Waals surface area contributed by atoms with Crippen molar-refractivity contribution >= 4 is 17.4 Å². The molecule has 2 N–H and O–H groups in total. The van der Waals surface area contributed by atoms with E-state index in [4.69, 9.17) is 21.1 Å². The maximum Gasteiger partial charge on any atom is 0.126 e. The number of hydrogen-bond donors (Lipinski definition) is 2. The number of pyridine rings is 1. The van der Waals surface area contributed by atoms with Crippen LogP contribution in [0.2, 0.25) is 5.02 Å². The third kappa shape index (κ3) is 4.90. The zero-order chi connectivity index (χ0) is 14.4. The minimum atomic E-state index is 0.00511. The van der Waals surface area contributed by atoms with Crippen molar-refractivity contribution in [3.05, 3.63) is 22.8 Å². The highest BCUT2D eigenvalue weighted by Gasteiger charge is 2.20. The van der Waals surface area contributed by atoms with Gasteiger partial charge in [-0.05, 0) is 24.5 Å². The van der Waals surface area contributed by atoms with Crippen molar-refractivity contribution in [3.63, 3.8) is 0 Å². The highest BCUT2D eigenvalue weighted by atomic mass is 35.5. The maximum absolute atomic E-state index is 6.16. The number of nitrogens with one attached hydrogen (secondary N) is 2. The smallest absolute Gasteiger partial charge is 0.126 e.